The van der Waals surface area contributed by atoms with E-state index < -0.39 is 5.97 Å². The van der Waals surface area contributed by atoms with Gasteiger partial charge in [-0.15, -0.1) is 0 Å². The highest BCUT2D eigenvalue weighted by molar-refractivity contribution is 5.89. The Labute approximate surface area is 128 Å². The molecule has 0 aliphatic rings. The van der Waals surface area contributed by atoms with Gasteiger partial charge in [-0.2, -0.15) is 9.78 Å². The second-order valence-electron chi connectivity index (χ2n) is 4.73. The first-order valence-electron chi connectivity index (χ1n) is 6.91. The quantitative estimate of drug-likeness (QED) is 0.808. The van der Waals surface area contributed by atoms with Gasteiger partial charge in [-0.25, -0.2) is 4.79 Å². The van der Waals surface area contributed by atoms with E-state index in [0.717, 1.165) is 0 Å². The number of esters is 1. The van der Waals surface area contributed by atoms with E-state index in [9.17, 15) is 9.59 Å². The largest absolute Gasteiger partial charge is 0.497 e. The van der Waals surface area contributed by atoms with E-state index in [1.165, 1.54) is 4.68 Å². The van der Waals surface area contributed by atoms with Crippen molar-refractivity contribution in [3.8, 4) is 11.4 Å². The van der Waals surface area contributed by atoms with Gasteiger partial charge < -0.3 is 9.47 Å². The summed E-state index contributed by atoms with van der Waals surface area (Å²) in [5.74, 6) is 0.136. The molecule has 0 saturated carbocycles. The van der Waals surface area contributed by atoms with Crippen LogP contribution in [0.25, 0.3) is 5.69 Å². The van der Waals surface area contributed by atoms with Crippen LogP contribution in [0.15, 0.2) is 29.1 Å². The van der Waals surface area contributed by atoms with Crippen LogP contribution in [0.4, 0.5) is 0 Å². The lowest BCUT2D eigenvalue weighted by Gasteiger charge is -2.12. The highest BCUT2D eigenvalue weighted by Gasteiger charge is 2.18. The minimum Gasteiger partial charge on any atom is -0.497 e. The molecule has 2 aromatic rings. The van der Waals surface area contributed by atoms with Gasteiger partial charge in [-0.1, -0.05) is 0 Å². The van der Waals surface area contributed by atoms with Crippen LogP contribution in [0.2, 0.25) is 0 Å². The monoisotopic (exact) mass is 302 g/mol. The number of hydrogen-bond acceptors (Lipinski definition) is 5. The molecule has 0 bridgehead atoms. The van der Waals surface area contributed by atoms with Crippen LogP contribution in [-0.4, -0.2) is 29.5 Å². The van der Waals surface area contributed by atoms with Crippen molar-refractivity contribution in [2.45, 2.75) is 20.8 Å². The highest BCUT2D eigenvalue weighted by atomic mass is 16.5. The third kappa shape index (κ3) is 2.86. The summed E-state index contributed by atoms with van der Waals surface area (Å²) in [5.41, 5.74) is 1.44. The molecule has 0 aliphatic carbocycles. The van der Waals surface area contributed by atoms with Crippen molar-refractivity contribution in [1.29, 1.82) is 0 Å². The van der Waals surface area contributed by atoms with Crippen molar-refractivity contribution in [3.05, 3.63) is 51.4 Å². The lowest BCUT2D eigenvalue weighted by atomic mass is 10.1. The van der Waals surface area contributed by atoms with Crippen LogP contribution in [0.1, 0.15) is 28.5 Å². The number of carbonyl (C=O) groups excluding carboxylic acids is 1. The molecule has 116 valence electrons. The first-order chi connectivity index (χ1) is 10.5. The molecule has 0 aliphatic heterocycles. The maximum atomic E-state index is 12.4. The van der Waals surface area contributed by atoms with Crippen LogP contribution in [0, 0.1) is 13.8 Å². The molecule has 0 spiro atoms. The van der Waals surface area contributed by atoms with Crippen molar-refractivity contribution >= 4 is 5.97 Å². The molecule has 22 heavy (non-hydrogen) atoms. The third-order valence-electron chi connectivity index (χ3n) is 3.42. The minimum atomic E-state index is -0.537. The molecule has 2 rings (SSSR count). The van der Waals surface area contributed by atoms with Gasteiger partial charge in [0.05, 0.1) is 19.4 Å². The number of benzene rings is 1. The molecule has 0 N–H and O–H groups in total. The summed E-state index contributed by atoms with van der Waals surface area (Å²) in [6.07, 6.45) is 0. The molecule has 0 atom stereocenters. The fourth-order valence-corrected chi connectivity index (χ4v) is 2.01. The molecular weight excluding hydrogens is 284 g/mol. The highest BCUT2D eigenvalue weighted by Crippen LogP contribution is 2.15. The van der Waals surface area contributed by atoms with Gasteiger partial charge >= 0.3 is 5.97 Å². The van der Waals surface area contributed by atoms with E-state index in [-0.39, 0.29) is 17.9 Å². The van der Waals surface area contributed by atoms with Crippen LogP contribution in [0.3, 0.4) is 0 Å². The summed E-state index contributed by atoms with van der Waals surface area (Å²) in [4.78, 5) is 24.4. The van der Waals surface area contributed by atoms with Gasteiger partial charge in [-0.05, 0) is 50.6 Å². The molecule has 0 fully saturated rings. The van der Waals surface area contributed by atoms with E-state index in [2.05, 4.69) is 5.10 Å². The summed E-state index contributed by atoms with van der Waals surface area (Å²) >= 11 is 0. The van der Waals surface area contributed by atoms with Crippen molar-refractivity contribution in [2.75, 3.05) is 13.7 Å². The molecule has 0 amide bonds. The van der Waals surface area contributed by atoms with Crippen molar-refractivity contribution in [3.63, 3.8) is 0 Å². The summed E-state index contributed by atoms with van der Waals surface area (Å²) in [5, 5.41) is 4.17. The number of methoxy groups -OCH3 is 1. The molecule has 1 aromatic carbocycles. The second kappa shape index (κ2) is 6.43. The van der Waals surface area contributed by atoms with Gasteiger partial charge in [-0.3, -0.25) is 4.79 Å². The molecule has 0 radical (unpaired) electrons. The van der Waals surface area contributed by atoms with Crippen molar-refractivity contribution < 1.29 is 14.3 Å². The Hall–Kier alpha value is -2.63. The Kier molecular flexibility index (Phi) is 4.60. The van der Waals surface area contributed by atoms with Gasteiger partial charge in [0.1, 0.15) is 5.75 Å². The Morgan fingerprint density at radius 1 is 1.18 bits per heavy atom. The third-order valence-corrected chi connectivity index (χ3v) is 3.42. The first-order valence-corrected chi connectivity index (χ1v) is 6.91. The Morgan fingerprint density at radius 3 is 2.36 bits per heavy atom. The zero-order valence-electron chi connectivity index (χ0n) is 13.0. The lowest BCUT2D eigenvalue weighted by molar-refractivity contribution is 0.0516. The van der Waals surface area contributed by atoms with Crippen molar-refractivity contribution in [1.82, 2.24) is 9.78 Å². The molecule has 6 nitrogen and oxygen atoms in total. The average Bonchev–Trinajstić information content (AvgIpc) is 2.53. The minimum absolute atomic E-state index is 0.148. The zero-order valence-corrected chi connectivity index (χ0v) is 13.0. The van der Waals surface area contributed by atoms with E-state index in [4.69, 9.17) is 9.47 Å². The molecule has 1 aromatic heterocycles. The number of rotatable bonds is 4. The second-order valence-corrected chi connectivity index (χ2v) is 4.73. The molecular formula is C16H18N2O4. The number of carbonyl (C=O) groups is 1. The number of ether oxygens (including phenoxy) is 2. The van der Waals surface area contributed by atoms with Gasteiger partial charge in [0.2, 0.25) is 0 Å². The number of nitrogens with zero attached hydrogens (tertiary/aromatic N) is 2. The number of hydrogen-bond donors (Lipinski definition) is 0. The molecule has 0 unspecified atom stereocenters. The summed E-state index contributed by atoms with van der Waals surface area (Å²) in [7, 11) is 1.56. The van der Waals surface area contributed by atoms with E-state index in [1.807, 2.05) is 0 Å². The smallest absolute Gasteiger partial charge is 0.359 e. The van der Waals surface area contributed by atoms with Crippen LogP contribution in [0.5, 0.6) is 5.75 Å². The SMILES string of the molecule is CCOC(=O)c1nn(-c2ccc(OC)cc2)c(=O)c(C)c1C. The molecule has 0 saturated heterocycles. The Bertz CT molecular complexity index is 748. The maximum Gasteiger partial charge on any atom is 0.359 e. The van der Waals surface area contributed by atoms with Gasteiger partial charge in [0.25, 0.3) is 5.56 Å². The average molecular weight is 302 g/mol. The summed E-state index contributed by atoms with van der Waals surface area (Å²) in [6.45, 7) is 5.33. The Balaban J connectivity index is 2.60. The van der Waals surface area contributed by atoms with Crippen LogP contribution >= 0.6 is 0 Å². The molecule has 1 heterocycles. The Morgan fingerprint density at radius 2 is 1.82 bits per heavy atom. The van der Waals surface area contributed by atoms with Crippen LogP contribution < -0.4 is 10.3 Å². The zero-order chi connectivity index (χ0) is 16.3. The van der Waals surface area contributed by atoms with Gasteiger partial charge in [0.15, 0.2) is 5.69 Å². The standard InChI is InChI=1S/C16H18N2O4/c1-5-22-16(20)14-10(2)11(3)15(19)18(17-14)12-6-8-13(21-4)9-7-12/h6-9H,5H2,1-4H3. The maximum absolute atomic E-state index is 12.4. The predicted molar refractivity (Wildman–Crippen MR) is 81.8 cm³/mol. The normalized spacial score (nSPS) is 10.4. The topological polar surface area (TPSA) is 70.4 Å². The van der Waals surface area contributed by atoms with E-state index in [0.29, 0.717) is 22.6 Å². The van der Waals surface area contributed by atoms with Gasteiger partial charge in [0, 0.05) is 5.56 Å². The van der Waals surface area contributed by atoms with E-state index in [1.54, 1.807) is 52.1 Å². The fraction of sp³-hybridized carbons (Fsp3) is 0.312. The van der Waals surface area contributed by atoms with Crippen LogP contribution in [-0.2, 0) is 4.74 Å². The molecule has 6 heteroatoms. The van der Waals surface area contributed by atoms with Crippen molar-refractivity contribution in [2.24, 2.45) is 0 Å². The lowest BCUT2D eigenvalue weighted by Crippen LogP contribution is -2.28. The summed E-state index contributed by atoms with van der Waals surface area (Å²) in [6, 6.07) is 6.86. The number of aromatic nitrogens is 2. The first kappa shape index (κ1) is 15.8. The predicted octanol–water partition coefficient (Wildman–Crippen LogP) is 2.03. The fourth-order valence-electron chi connectivity index (χ4n) is 2.01. The summed E-state index contributed by atoms with van der Waals surface area (Å²) < 4.78 is 11.3. The van der Waals surface area contributed by atoms with E-state index >= 15 is 0 Å².